The van der Waals surface area contributed by atoms with Gasteiger partial charge >= 0.3 is 0 Å². The van der Waals surface area contributed by atoms with Crippen LogP contribution in [0.1, 0.15) is 12.5 Å². The van der Waals surface area contributed by atoms with E-state index in [4.69, 9.17) is 0 Å². The van der Waals surface area contributed by atoms with E-state index >= 15 is 0 Å². The minimum absolute atomic E-state index is 0.185. The van der Waals surface area contributed by atoms with Gasteiger partial charge in [-0.05, 0) is 24.6 Å². The summed E-state index contributed by atoms with van der Waals surface area (Å²) in [4.78, 5) is 0. The van der Waals surface area contributed by atoms with E-state index in [1.54, 1.807) is 6.07 Å². The molecule has 0 N–H and O–H groups in total. The molecule has 0 nitrogen and oxygen atoms in total. The third kappa shape index (κ3) is 1.69. The van der Waals surface area contributed by atoms with Gasteiger partial charge in [-0.3, -0.25) is 0 Å². The topological polar surface area (TPSA) is 0 Å². The van der Waals surface area contributed by atoms with Crippen molar-refractivity contribution in [2.24, 2.45) is 0 Å². The molecule has 1 aromatic carbocycles. The lowest BCUT2D eigenvalue weighted by Crippen LogP contribution is -1.73. The molecule has 52 valence electrons. The first-order chi connectivity index (χ1) is 4.83. The van der Waals surface area contributed by atoms with Crippen molar-refractivity contribution >= 4 is 6.08 Å². The lowest BCUT2D eigenvalue weighted by Gasteiger charge is -1.90. The Bertz CT molecular complexity index is 238. The average molecular weight is 136 g/mol. The normalized spacial score (nSPS) is 10.6. The van der Waals surface area contributed by atoms with Crippen LogP contribution in [0.4, 0.5) is 4.39 Å². The van der Waals surface area contributed by atoms with Crippen LogP contribution in [0.25, 0.3) is 6.08 Å². The van der Waals surface area contributed by atoms with E-state index in [9.17, 15) is 4.39 Å². The van der Waals surface area contributed by atoms with E-state index in [1.807, 2.05) is 25.1 Å². The van der Waals surface area contributed by atoms with Crippen molar-refractivity contribution in [2.75, 3.05) is 0 Å². The van der Waals surface area contributed by atoms with Crippen LogP contribution >= 0.6 is 0 Å². The zero-order chi connectivity index (χ0) is 7.40. The number of halogens is 1. The molecule has 1 aromatic rings. The Kier molecular flexibility index (Phi) is 2.21. The van der Waals surface area contributed by atoms with Crippen LogP contribution in [-0.4, -0.2) is 0 Å². The molecule has 0 fully saturated rings. The van der Waals surface area contributed by atoms with Gasteiger partial charge in [-0.1, -0.05) is 24.3 Å². The first kappa shape index (κ1) is 7.00. The number of hydrogen-bond donors (Lipinski definition) is 0. The second-order valence-corrected chi connectivity index (χ2v) is 2.06. The summed E-state index contributed by atoms with van der Waals surface area (Å²) in [5, 5.41) is 0. The molecular weight excluding hydrogens is 127 g/mol. The highest BCUT2D eigenvalue weighted by atomic mass is 19.1. The van der Waals surface area contributed by atoms with Crippen LogP contribution in [0.3, 0.4) is 0 Å². The lowest BCUT2D eigenvalue weighted by molar-refractivity contribution is 0.627. The van der Waals surface area contributed by atoms with Gasteiger partial charge in [0.2, 0.25) is 0 Å². The molecule has 1 rings (SSSR count). The highest BCUT2D eigenvalue weighted by Crippen LogP contribution is 2.04. The molecule has 0 aliphatic rings. The highest BCUT2D eigenvalue weighted by Gasteiger charge is 1.87. The largest absolute Gasteiger partial charge is 0.207 e. The maximum absolute atomic E-state index is 12.5. The molecule has 0 saturated carbocycles. The van der Waals surface area contributed by atoms with Crippen molar-refractivity contribution in [1.82, 2.24) is 0 Å². The van der Waals surface area contributed by atoms with Gasteiger partial charge in [0, 0.05) is 0 Å². The van der Waals surface area contributed by atoms with E-state index in [0.29, 0.717) is 0 Å². The molecular formula is C9H9F. The van der Waals surface area contributed by atoms with Crippen molar-refractivity contribution in [3.05, 3.63) is 41.7 Å². The SMILES string of the molecule is C/C=C/c1cccc(F)c1. The van der Waals surface area contributed by atoms with Crippen LogP contribution in [0.15, 0.2) is 30.3 Å². The van der Waals surface area contributed by atoms with E-state index in [0.717, 1.165) is 5.56 Å². The number of hydrogen-bond acceptors (Lipinski definition) is 0. The fourth-order valence-corrected chi connectivity index (χ4v) is 0.803. The summed E-state index contributed by atoms with van der Waals surface area (Å²) >= 11 is 0. The number of allylic oxidation sites excluding steroid dienone is 1. The van der Waals surface area contributed by atoms with Gasteiger partial charge in [-0.25, -0.2) is 4.39 Å². The molecule has 0 spiro atoms. The fraction of sp³-hybridized carbons (Fsp3) is 0.111. The van der Waals surface area contributed by atoms with Crippen LogP contribution in [0.2, 0.25) is 0 Å². The van der Waals surface area contributed by atoms with Gasteiger partial charge in [-0.15, -0.1) is 0 Å². The Morgan fingerprint density at radius 3 is 2.80 bits per heavy atom. The summed E-state index contributed by atoms with van der Waals surface area (Å²) in [6, 6.07) is 6.50. The summed E-state index contributed by atoms with van der Waals surface area (Å²) < 4.78 is 12.5. The standard InChI is InChI=1S/C9H9F/c1-2-4-8-5-3-6-9(10)7-8/h2-7H,1H3/b4-2+. The molecule has 10 heavy (non-hydrogen) atoms. The van der Waals surface area contributed by atoms with Crippen molar-refractivity contribution in [3.63, 3.8) is 0 Å². The van der Waals surface area contributed by atoms with Crippen molar-refractivity contribution < 1.29 is 4.39 Å². The summed E-state index contributed by atoms with van der Waals surface area (Å²) in [6.45, 7) is 1.91. The minimum atomic E-state index is -0.185. The highest BCUT2D eigenvalue weighted by molar-refractivity contribution is 5.48. The lowest BCUT2D eigenvalue weighted by atomic mass is 10.2. The molecule has 0 heterocycles. The Morgan fingerprint density at radius 2 is 2.20 bits per heavy atom. The van der Waals surface area contributed by atoms with Crippen LogP contribution < -0.4 is 0 Å². The monoisotopic (exact) mass is 136 g/mol. The van der Waals surface area contributed by atoms with Gasteiger partial charge in [0.15, 0.2) is 0 Å². The first-order valence-electron chi connectivity index (χ1n) is 3.21. The Hall–Kier alpha value is -1.11. The summed E-state index contributed by atoms with van der Waals surface area (Å²) in [6.07, 6.45) is 3.75. The van der Waals surface area contributed by atoms with Gasteiger partial charge < -0.3 is 0 Å². The Labute approximate surface area is 60.0 Å². The third-order valence-corrected chi connectivity index (χ3v) is 1.21. The summed E-state index contributed by atoms with van der Waals surface area (Å²) in [5.74, 6) is -0.185. The zero-order valence-electron chi connectivity index (χ0n) is 5.84. The number of benzene rings is 1. The van der Waals surface area contributed by atoms with Gasteiger partial charge in [0.1, 0.15) is 5.82 Å². The van der Waals surface area contributed by atoms with Crippen LogP contribution in [-0.2, 0) is 0 Å². The van der Waals surface area contributed by atoms with Gasteiger partial charge in [-0.2, -0.15) is 0 Å². The number of rotatable bonds is 1. The second kappa shape index (κ2) is 3.16. The molecule has 0 unspecified atom stereocenters. The molecule has 0 aromatic heterocycles. The average Bonchev–Trinajstić information content (AvgIpc) is 1.88. The Balaban J connectivity index is 2.95. The smallest absolute Gasteiger partial charge is 0.123 e. The van der Waals surface area contributed by atoms with Crippen molar-refractivity contribution in [3.8, 4) is 0 Å². The quantitative estimate of drug-likeness (QED) is 0.556. The maximum Gasteiger partial charge on any atom is 0.123 e. The maximum atomic E-state index is 12.5. The molecule has 0 amide bonds. The minimum Gasteiger partial charge on any atom is -0.207 e. The van der Waals surface area contributed by atoms with Gasteiger partial charge in [0.05, 0.1) is 0 Å². The van der Waals surface area contributed by atoms with E-state index in [1.165, 1.54) is 12.1 Å². The zero-order valence-corrected chi connectivity index (χ0v) is 5.84. The molecule has 0 radical (unpaired) electrons. The fourth-order valence-electron chi connectivity index (χ4n) is 0.803. The van der Waals surface area contributed by atoms with Crippen LogP contribution in [0.5, 0.6) is 0 Å². The van der Waals surface area contributed by atoms with Crippen molar-refractivity contribution in [1.29, 1.82) is 0 Å². The van der Waals surface area contributed by atoms with Gasteiger partial charge in [0.25, 0.3) is 0 Å². The predicted molar refractivity (Wildman–Crippen MR) is 41.1 cm³/mol. The van der Waals surface area contributed by atoms with E-state index in [2.05, 4.69) is 0 Å². The predicted octanol–water partition coefficient (Wildman–Crippen LogP) is 2.86. The molecule has 0 aliphatic carbocycles. The summed E-state index contributed by atoms with van der Waals surface area (Å²) in [7, 11) is 0. The molecule has 0 atom stereocenters. The van der Waals surface area contributed by atoms with E-state index < -0.39 is 0 Å². The molecule has 0 saturated heterocycles. The Morgan fingerprint density at radius 1 is 1.40 bits per heavy atom. The molecule has 0 aliphatic heterocycles. The third-order valence-electron chi connectivity index (χ3n) is 1.21. The van der Waals surface area contributed by atoms with Crippen LogP contribution in [0, 0.1) is 5.82 Å². The second-order valence-electron chi connectivity index (χ2n) is 2.06. The molecule has 0 bridgehead atoms. The van der Waals surface area contributed by atoms with Crippen molar-refractivity contribution in [2.45, 2.75) is 6.92 Å². The van der Waals surface area contributed by atoms with E-state index in [-0.39, 0.29) is 5.82 Å². The first-order valence-corrected chi connectivity index (χ1v) is 3.21. The summed E-state index contributed by atoms with van der Waals surface area (Å²) in [5.41, 5.74) is 0.905. The molecule has 1 heteroatoms.